The molecule has 0 saturated carbocycles. The molecule has 4 heteroatoms. The van der Waals surface area contributed by atoms with Crippen molar-refractivity contribution in [3.8, 4) is 0 Å². The Bertz CT molecular complexity index is 679. The van der Waals surface area contributed by atoms with Crippen LogP contribution in [0.5, 0.6) is 0 Å². The fourth-order valence-electron chi connectivity index (χ4n) is 2.63. The van der Waals surface area contributed by atoms with Crippen molar-refractivity contribution >= 4 is 16.8 Å². The lowest BCUT2D eigenvalue weighted by molar-refractivity contribution is 0.0958. The van der Waals surface area contributed by atoms with Crippen LogP contribution in [0.1, 0.15) is 21.6 Å². The summed E-state index contributed by atoms with van der Waals surface area (Å²) in [4.78, 5) is 17.2. The largest absolute Gasteiger partial charge is 0.349 e. The number of hydrogen-bond acceptors (Lipinski definition) is 3. The first-order chi connectivity index (χ1) is 9.81. The van der Waals surface area contributed by atoms with Crippen molar-refractivity contribution in [2.75, 3.05) is 13.1 Å². The second-order valence-electron chi connectivity index (χ2n) is 4.85. The van der Waals surface area contributed by atoms with Crippen LogP contribution in [0.15, 0.2) is 36.9 Å². The molecule has 1 aromatic carbocycles. The van der Waals surface area contributed by atoms with Crippen molar-refractivity contribution in [1.29, 1.82) is 0 Å². The van der Waals surface area contributed by atoms with Gasteiger partial charge >= 0.3 is 0 Å². The lowest BCUT2D eigenvalue weighted by Gasteiger charge is -2.21. The van der Waals surface area contributed by atoms with E-state index in [1.165, 1.54) is 0 Å². The van der Waals surface area contributed by atoms with Gasteiger partial charge in [0.25, 0.3) is 5.91 Å². The number of benzene rings is 1. The predicted molar refractivity (Wildman–Crippen MR) is 79.7 cm³/mol. The number of carbonyl (C=O) groups excluding carboxylic acids is 1. The van der Waals surface area contributed by atoms with Gasteiger partial charge in [0.1, 0.15) is 0 Å². The van der Waals surface area contributed by atoms with E-state index in [2.05, 4.69) is 17.2 Å². The van der Waals surface area contributed by atoms with Crippen LogP contribution in [0.25, 0.3) is 10.9 Å². The van der Waals surface area contributed by atoms with E-state index < -0.39 is 0 Å². The Labute approximate surface area is 117 Å². The average molecular weight is 267 g/mol. The van der Waals surface area contributed by atoms with Gasteiger partial charge in [-0.3, -0.25) is 9.78 Å². The number of amides is 1. The molecule has 0 radical (unpaired) electrons. The molecule has 102 valence electrons. The minimum Gasteiger partial charge on any atom is -0.349 e. The Morgan fingerprint density at radius 1 is 1.45 bits per heavy atom. The van der Waals surface area contributed by atoms with E-state index in [0.717, 1.165) is 40.7 Å². The Morgan fingerprint density at radius 3 is 3.15 bits per heavy atom. The number of carbonyl (C=O) groups is 1. The quantitative estimate of drug-likeness (QED) is 0.834. The molecule has 2 aromatic rings. The zero-order chi connectivity index (χ0) is 13.9. The van der Waals surface area contributed by atoms with Crippen molar-refractivity contribution in [3.05, 3.63) is 53.7 Å². The third-order valence-electron chi connectivity index (χ3n) is 3.55. The highest BCUT2D eigenvalue weighted by molar-refractivity contribution is 6.07. The standard InChI is InChI=1S/C16H17N3O/c1-2-8-18-16(20)15-11-5-3-4-6-13(11)19-14-7-9-17-10-12(14)15/h2-6,17H,1,7-10H2,(H,18,20). The molecule has 0 atom stereocenters. The Balaban J connectivity index is 2.20. The first kappa shape index (κ1) is 12.8. The molecule has 0 unspecified atom stereocenters. The van der Waals surface area contributed by atoms with Gasteiger partial charge in [0, 0.05) is 42.7 Å². The Hall–Kier alpha value is -2.20. The Morgan fingerprint density at radius 2 is 2.30 bits per heavy atom. The molecule has 4 nitrogen and oxygen atoms in total. The summed E-state index contributed by atoms with van der Waals surface area (Å²) >= 11 is 0. The summed E-state index contributed by atoms with van der Waals surface area (Å²) < 4.78 is 0. The molecule has 2 N–H and O–H groups in total. The molecule has 20 heavy (non-hydrogen) atoms. The average Bonchev–Trinajstić information content (AvgIpc) is 2.50. The van der Waals surface area contributed by atoms with Gasteiger partial charge in [0.2, 0.25) is 0 Å². The molecular formula is C16H17N3O. The number of fused-ring (bicyclic) bond motifs is 2. The van der Waals surface area contributed by atoms with Gasteiger partial charge in [-0.15, -0.1) is 6.58 Å². The highest BCUT2D eigenvalue weighted by Crippen LogP contribution is 2.25. The van der Waals surface area contributed by atoms with Crippen LogP contribution in [0, 0.1) is 0 Å². The van der Waals surface area contributed by atoms with Gasteiger partial charge in [0.05, 0.1) is 11.1 Å². The van der Waals surface area contributed by atoms with Gasteiger partial charge in [0.15, 0.2) is 0 Å². The fourth-order valence-corrected chi connectivity index (χ4v) is 2.63. The summed E-state index contributed by atoms with van der Waals surface area (Å²) in [6.07, 6.45) is 2.55. The topological polar surface area (TPSA) is 54.0 Å². The molecule has 1 amide bonds. The van der Waals surface area contributed by atoms with Crippen LogP contribution in [-0.4, -0.2) is 24.0 Å². The Kier molecular flexibility index (Phi) is 3.48. The van der Waals surface area contributed by atoms with Crippen molar-refractivity contribution in [3.63, 3.8) is 0 Å². The summed E-state index contributed by atoms with van der Waals surface area (Å²) in [5.74, 6) is -0.0524. The maximum atomic E-state index is 12.5. The molecular weight excluding hydrogens is 250 g/mol. The third kappa shape index (κ3) is 2.18. The smallest absolute Gasteiger partial charge is 0.252 e. The van der Waals surface area contributed by atoms with Crippen LogP contribution in [0.2, 0.25) is 0 Å². The van der Waals surface area contributed by atoms with Gasteiger partial charge < -0.3 is 10.6 Å². The van der Waals surface area contributed by atoms with Crippen molar-refractivity contribution in [1.82, 2.24) is 15.6 Å². The van der Waals surface area contributed by atoms with E-state index in [1.807, 2.05) is 24.3 Å². The number of aromatic nitrogens is 1. The number of pyridine rings is 1. The number of para-hydroxylation sites is 1. The SMILES string of the molecule is C=CCNC(=O)c1c2c(nc3ccccc13)CCNC2. The molecule has 0 aliphatic carbocycles. The summed E-state index contributed by atoms with van der Waals surface area (Å²) in [6, 6.07) is 7.81. The lowest BCUT2D eigenvalue weighted by Crippen LogP contribution is -2.31. The molecule has 1 aromatic heterocycles. The zero-order valence-corrected chi connectivity index (χ0v) is 11.3. The molecule has 0 fully saturated rings. The molecule has 3 rings (SSSR count). The summed E-state index contributed by atoms with van der Waals surface area (Å²) in [6.45, 7) is 5.71. The van der Waals surface area contributed by atoms with Crippen LogP contribution < -0.4 is 10.6 Å². The molecule has 0 spiro atoms. The maximum absolute atomic E-state index is 12.5. The summed E-state index contributed by atoms with van der Waals surface area (Å²) in [7, 11) is 0. The van der Waals surface area contributed by atoms with Gasteiger partial charge in [-0.2, -0.15) is 0 Å². The molecule has 0 saturated heterocycles. The highest BCUT2D eigenvalue weighted by atomic mass is 16.1. The maximum Gasteiger partial charge on any atom is 0.252 e. The minimum atomic E-state index is -0.0524. The van der Waals surface area contributed by atoms with Gasteiger partial charge in [-0.1, -0.05) is 24.3 Å². The summed E-state index contributed by atoms with van der Waals surface area (Å²) in [5.41, 5.74) is 3.69. The number of rotatable bonds is 3. The second kappa shape index (κ2) is 5.43. The van der Waals surface area contributed by atoms with Crippen LogP contribution in [0.4, 0.5) is 0 Å². The zero-order valence-electron chi connectivity index (χ0n) is 11.3. The first-order valence-corrected chi connectivity index (χ1v) is 6.81. The van der Waals surface area contributed by atoms with Gasteiger partial charge in [-0.05, 0) is 6.07 Å². The predicted octanol–water partition coefficient (Wildman–Crippen LogP) is 1.80. The van der Waals surface area contributed by atoms with Gasteiger partial charge in [-0.25, -0.2) is 0 Å². The number of nitrogens with zero attached hydrogens (tertiary/aromatic N) is 1. The second-order valence-corrected chi connectivity index (χ2v) is 4.85. The van der Waals surface area contributed by atoms with E-state index in [1.54, 1.807) is 6.08 Å². The molecule has 0 bridgehead atoms. The van der Waals surface area contributed by atoms with Crippen molar-refractivity contribution in [2.45, 2.75) is 13.0 Å². The van der Waals surface area contributed by atoms with E-state index in [9.17, 15) is 4.79 Å². The summed E-state index contributed by atoms with van der Waals surface area (Å²) in [5, 5.41) is 7.11. The first-order valence-electron chi connectivity index (χ1n) is 6.81. The molecule has 2 heterocycles. The molecule has 1 aliphatic rings. The van der Waals surface area contributed by atoms with Crippen LogP contribution in [-0.2, 0) is 13.0 Å². The third-order valence-corrected chi connectivity index (χ3v) is 3.55. The van der Waals surface area contributed by atoms with Crippen LogP contribution in [0.3, 0.4) is 0 Å². The number of nitrogens with one attached hydrogen (secondary N) is 2. The van der Waals surface area contributed by atoms with E-state index in [4.69, 9.17) is 4.98 Å². The van der Waals surface area contributed by atoms with Crippen molar-refractivity contribution in [2.24, 2.45) is 0 Å². The molecule has 1 aliphatic heterocycles. The van der Waals surface area contributed by atoms with E-state index >= 15 is 0 Å². The monoisotopic (exact) mass is 267 g/mol. The highest BCUT2D eigenvalue weighted by Gasteiger charge is 2.21. The minimum absolute atomic E-state index is 0.0524. The van der Waals surface area contributed by atoms with Crippen LogP contribution >= 0.6 is 0 Å². The van der Waals surface area contributed by atoms with E-state index in [0.29, 0.717) is 13.1 Å². The fraction of sp³-hybridized carbons (Fsp3) is 0.250. The van der Waals surface area contributed by atoms with Crippen molar-refractivity contribution < 1.29 is 4.79 Å². The van der Waals surface area contributed by atoms with E-state index in [-0.39, 0.29) is 5.91 Å². The number of hydrogen-bond donors (Lipinski definition) is 2. The normalized spacial score (nSPS) is 13.8. The lowest BCUT2D eigenvalue weighted by atomic mass is 9.96.